The highest BCUT2D eigenvalue weighted by Gasteiger charge is 2.17. The Morgan fingerprint density at radius 1 is 1.11 bits per heavy atom. The van der Waals surface area contributed by atoms with E-state index in [9.17, 15) is 10.4 Å². The van der Waals surface area contributed by atoms with Gasteiger partial charge in [0.1, 0.15) is 5.75 Å². The zero-order chi connectivity index (χ0) is 14.2. The molecule has 0 atom stereocenters. The van der Waals surface area contributed by atoms with E-state index in [0.717, 1.165) is 22.3 Å². The highest BCUT2D eigenvalue weighted by molar-refractivity contribution is 6.32. The van der Waals surface area contributed by atoms with Gasteiger partial charge < -0.3 is 5.11 Å². The van der Waals surface area contributed by atoms with Crippen LogP contribution in [0.5, 0.6) is 5.75 Å². The van der Waals surface area contributed by atoms with Gasteiger partial charge in [0.2, 0.25) is 0 Å². The predicted octanol–water partition coefficient (Wildman–Crippen LogP) is 4.51. The van der Waals surface area contributed by atoms with E-state index >= 15 is 0 Å². The van der Waals surface area contributed by atoms with E-state index in [1.54, 1.807) is 12.1 Å². The van der Waals surface area contributed by atoms with Crippen molar-refractivity contribution >= 4 is 11.6 Å². The summed E-state index contributed by atoms with van der Waals surface area (Å²) in [4.78, 5) is 0. The first-order valence-corrected chi connectivity index (χ1v) is 6.34. The lowest BCUT2D eigenvalue weighted by atomic mass is 9.91. The first kappa shape index (κ1) is 13.5. The molecule has 0 bridgehead atoms. The predicted molar refractivity (Wildman–Crippen MR) is 77.5 cm³/mol. The van der Waals surface area contributed by atoms with Crippen LogP contribution < -0.4 is 0 Å². The third-order valence-corrected chi connectivity index (χ3v) is 3.88. The topological polar surface area (TPSA) is 44.0 Å². The molecule has 96 valence electrons. The number of aromatic hydroxyl groups is 1. The fourth-order valence-corrected chi connectivity index (χ4v) is 2.50. The normalized spacial score (nSPS) is 10.3. The molecule has 0 aliphatic heterocycles. The first-order valence-electron chi connectivity index (χ1n) is 5.96. The quantitative estimate of drug-likeness (QED) is 0.829. The second-order valence-electron chi connectivity index (χ2n) is 4.64. The molecule has 19 heavy (non-hydrogen) atoms. The van der Waals surface area contributed by atoms with Gasteiger partial charge in [-0.2, -0.15) is 5.26 Å². The molecule has 0 amide bonds. The molecule has 1 N–H and O–H groups in total. The van der Waals surface area contributed by atoms with Crippen LogP contribution in [0.3, 0.4) is 0 Å². The van der Waals surface area contributed by atoms with Crippen molar-refractivity contribution < 1.29 is 5.11 Å². The lowest BCUT2D eigenvalue weighted by Crippen LogP contribution is -1.94. The van der Waals surface area contributed by atoms with Crippen molar-refractivity contribution in [1.82, 2.24) is 0 Å². The van der Waals surface area contributed by atoms with Crippen molar-refractivity contribution in [3.63, 3.8) is 0 Å². The number of phenols is 1. The van der Waals surface area contributed by atoms with Gasteiger partial charge in [0.15, 0.2) is 0 Å². The molecular formula is C16H14ClNO. The van der Waals surface area contributed by atoms with Crippen LogP contribution in [0, 0.1) is 32.1 Å². The van der Waals surface area contributed by atoms with E-state index in [0.29, 0.717) is 16.1 Å². The van der Waals surface area contributed by atoms with Gasteiger partial charge in [0.25, 0.3) is 0 Å². The van der Waals surface area contributed by atoms with Gasteiger partial charge in [-0.05, 0) is 49.6 Å². The molecule has 0 unspecified atom stereocenters. The van der Waals surface area contributed by atoms with E-state index in [2.05, 4.69) is 6.07 Å². The largest absolute Gasteiger partial charge is 0.507 e. The van der Waals surface area contributed by atoms with Crippen molar-refractivity contribution in [2.75, 3.05) is 0 Å². The number of halogens is 1. The molecule has 2 aromatic rings. The molecule has 0 aromatic heterocycles. The zero-order valence-corrected chi connectivity index (χ0v) is 11.8. The number of hydrogen-bond donors (Lipinski definition) is 1. The number of rotatable bonds is 1. The molecule has 0 saturated carbocycles. The SMILES string of the molecule is Cc1cc(O)c(-c2c(C)cccc2C#N)c(C)c1Cl. The molecule has 0 heterocycles. The number of phenolic OH excluding ortho intramolecular Hbond substituents is 1. The van der Waals surface area contributed by atoms with Gasteiger partial charge in [0.05, 0.1) is 11.6 Å². The smallest absolute Gasteiger partial charge is 0.124 e. The van der Waals surface area contributed by atoms with Crippen LogP contribution in [0.25, 0.3) is 11.1 Å². The monoisotopic (exact) mass is 271 g/mol. The first-order chi connectivity index (χ1) is 8.97. The van der Waals surface area contributed by atoms with Crippen molar-refractivity contribution in [2.45, 2.75) is 20.8 Å². The Balaban J connectivity index is 2.89. The molecule has 0 radical (unpaired) electrons. The van der Waals surface area contributed by atoms with E-state index < -0.39 is 0 Å². The van der Waals surface area contributed by atoms with E-state index in [1.165, 1.54) is 0 Å². The van der Waals surface area contributed by atoms with Crippen molar-refractivity contribution in [2.24, 2.45) is 0 Å². The minimum absolute atomic E-state index is 0.158. The third-order valence-electron chi connectivity index (χ3n) is 3.30. The minimum atomic E-state index is 0.158. The second-order valence-corrected chi connectivity index (χ2v) is 5.01. The summed E-state index contributed by atoms with van der Waals surface area (Å²) < 4.78 is 0. The van der Waals surface area contributed by atoms with Gasteiger partial charge in [-0.15, -0.1) is 0 Å². The summed E-state index contributed by atoms with van der Waals surface area (Å²) in [6.45, 7) is 5.63. The fraction of sp³-hybridized carbons (Fsp3) is 0.188. The van der Waals surface area contributed by atoms with E-state index in [-0.39, 0.29) is 5.75 Å². The average Bonchev–Trinajstić information content (AvgIpc) is 2.38. The van der Waals surface area contributed by atoms with Gasteiger partial charge in [0, 0.05) is 16.1 Å². The van der Waals surface area contributed by atoms with Crippen LogP contribution in [0.2, 0.25) is 5.02 Å². The Morgan fingerprint density at radius 2 is 1.79 bits per heavy atom. The number of benzene rings is 2. The summed E-state index contributed by atoms with van der Waals surface area (Å²) in [5.41, 5.74) is 4.50. The highest BCUT2D eigenvalue weighted by Crippen LogP contribution is 2.40. The molecule has 2 rings (SSSR count). The summed E-state index contributed by atoms with van der Waals surface area (Å²) in [7, 11) is 0. The number of nitriles is 1. The molecule has 0 saturated heterocycles. The summed E-state index contributed by atoms with van der Waals surface area (Å²) in [5.74, 6) is 0.158. The van der Waals surface area contributed by atoms with Gasteiger partial charge >= 0.3 is 0 Å². The van der Waals surface area contributed by atoms with Crippen molar-refractivity contribution in [1.29, 1.82) is 5.26 Å². The summed E-state index contributed by atoms with van der Waals surface area (Å²) in [6.07, 6.45) is 0. The van der Waals surface area contributed by atoms with E-state index in [1.807, 2.05) is 32.9 Å². The lowest BCUT2D eigenvalue weighted by Gasteiger charge is -2.15. The minimum Gasteiger partial charge on any atom is -0.507 e. The Labute approximate surface area is 117 Å². The number of nitrogens with zero attached hydrogens (tertiary/aromatic N) is 1. The van der Waals surface area contributed by atoms with Crippen LogP contribution >= 0.6 is 11.6 Å². The van der Waals surface area contributed by atoms with Crippen LogP contribution in [0.15, 0.2) is 24.3 Å². The maximum absolute atomic E-state index is 10.2. The maximum atomic E-state index is 10.2. The summed E-state index contributed by atoms with van der Waals surface area (Å²) in [5, 5.41) is 20.1. The Kier molecular flexibility index (Phi) is 3.50. The Hall–Kier alpha value is -1.98. The maximum Gasteiger partial charge on any atom is 0.124 e. The zero-order valence-electron chi connectivity index (χ0n) is 11.1. The fourth-order valence-electron chi connectivity index (χ4n) is 2.35. The van der Waals surface area contributed by atoms with Crippen LogP contribution in [0.4, 0.5) is 0 Å². The van der Waals surface area contributed by atoms with Gasteiger partial charge in [-0.1, -0.05) is 23.7 Å². The summed E-state index contributed by atoms with van der Waals surface area (Å²) >= 11 is 6.26. The Bertz CT molecular complexity index is 699. The highest BCUT2D eigenvalue weighted by atomic mass is 35.5. The van der Waals surface area contributed by atoms with Crippen molar-refractivity contribution in [3.05, 3.63) is 51.5 Å². The van der Waals surface area contributed by atoms with Crippen LogP contribution in [0.1, 0.15) is 22.3 Å². The molecule has 3 heteroatoms. The number of hydrogen-bond acceptors (Lipinski definition) is 2. The third kappa shape index (κ3) is 2.18. The molecule has 0 fully saturated rings. The van der Waals surface area contributed by atoms with E-state index in [4.69, 9.17) is 11.6 Å². The Morgan fingerprint density at radius 3 is 2.42 bits per heavy atom. The summed E-state index contributed by atoms with van der Waals surface area (Å²) in [6, 6.07) is 9.30. The molecule has 2 aromatic carbocycles. The molecule has 0 spiro atoms. The standard InChI is InChI=1S/C16H14ClNO/c1-9-5-4-6-12(8-18)14(9)15-11(3)16(17)10(2)7-13(15)19/h4-7,19H,1-3H3. The lowest BCUT2D eigenvalue weighted by molar-refractivity contribution is 0.476. The van der Waals surface area contributed by atoms with Crippen LogP contribution in [-0.4, -0.2) is 5.11 Å². The molecule has 0 aliphatic rings. The number of aryl methyl sites for hydroxylation is 2. The molecular weight excluding hydrogens is 258 g/mol. The second kappa shape index (κ2) is 4.95. The van der Waals surface area contributed by atoms with Crippen LogP contribution in [-0.2, 0) is 0 Å². The molecule has 2 nitrogen and oxygen atoms in total. The molecule has 0 aliphatic carbocycles. The van der Waals surface area contributed by atoms with Gasteiger partial charge in [-0.25, -0.2) is 0 Å². The van der Waals surface area contributed by atoms with Crippen molar-refractivity contribution in [3.8, 4) is 22.9 Å². The average molecular weight is 272 g/mol. The van der Waals surface area contributed by atoms with Gasteiger partial charge in [-0.3, -0.25) is 0 Å².